The number of primary amides is 1. The summed E-state index contributed by atoms with van der Waals surface area (Å²) in [5, 5.41) is 13.1. The zero-order chi connectivity index (χ0) is 17.8. The van der Waals surface area contributed by atoms with Gasteiger partial charge in [-0.25, -0.2) is 0 Å². The van der Waals surface area contributed by atoms with E-state index in [0.29, 0.717) is 23.5 Å². The van der Waals surface area contributed by atoms with Crippen LogP contribution in [0.5, 0.6) is 0 Å². The van der Waals surface area contributed by atoms with Crippen LogP contribution in [0.25, 0.3) is 0 Å². The van der Waals surface area contributed by atoms with Gasteiger partial charge in [0.1, 0.15) is 11.1 Å². The summed E-state index contributed by atoms with van der Waals surface area (Å²) in [6.07, 6.45) is 6.17. The number of fused-ring (bicyclic) bond motifs is 1. The summed E-state index contributed by atoms with van der Waals surface area (Å²) >= 11 is 1.56. The number of amides is 2. The van der Waals surface area contributed by atoms with Crippen LogP contribution in [-0.2, 0) is 22.4 Å². The molecular weight excluding hydrogens is 336 g/mol. The molecule has 3 N–H and O–H groups in total. The second kappa shape index (κ2) is 7.98. The average molecular weight is 360 g/mol. The maximum Gasteiger partial charge on any atom is 0.226 e. The van der Waals surface area contributed by atoms with Crippen LogP contribution in [0.4, 0.5) is 5.00 Å². The number of nitrogens with one attached hydrogen (secondary N) is 1. The minimum atomic E-state index is -0.219. The first-order valence-electron chi connectivity index (χ1n) is 8.94. The Bertz CT molecular complexity index is 699. The van der Waals surface area contributed by atoms with Crippen LogP contribution < -0.4 is 11.1 Å². The Morgan fingerprint density at radius 3 is 2.68 bits per heavy atom. The number of anilines is 1. The maximum absolute atomic E-state index is 12.3. The van der Waals surface area contributed by atoms with E-state index >= 15 is 0 Å². The van der Waals surface area contributed by atoms with Crippen LogP contribution in [-0.4, -0.2) is 36.3 Å². The number of thiophene rings is 1. The summed E-state index contributed by atoms with van der Waals surface area (Å²) in [6, 6.07) is 2.27. The molecule has 1 fully saturated rings. The molecular formula is C18H24N4O2S. The van der Waals surface area contributed by atoms with E-state index in [9.17, 15) is 14.9 Å². The van der Waals surface area contributed by atoms with Gasteiger partial charge in [-0.15, -0.1) is 11.3 Å². The van der Waals surface area contributed by atoms with Crippen molar-refractivity contribution < 1.29 is 9.59 Å². The first kappa shape index (κ1) is 17.9. The Morgan fingerprint density at radius 1 is 1.28 bits per heavy atom. The topological polar surface area (TPSA) is 99.2 Å². The minimum Gasteiger partial charge on any atom is -0.369 e. The number of carbonyl (C=O) groups is 2. The smallest absolute Gasteiger partial charge is 0.226 e. The lowest BCUT2D eigenvalue weighted by molar-refractivity contribution is -0.123. The molecule has 1 aromatic heterocycles. The number of likely N-dealkylation sites (tertiary alicyclic amines) is 1. The molecule has 6 nitrogen and oxygen atoms in total. The number of nitrogens with two attached hydrogens (primary N) is 1. The molecule has 0 spiro atoms. The van der Waals surface area contributed by atoms with Crippen molar-refractivity contribution in [1.29, 1.82) is 5.26 Å². The van der Waals surface area contributed by atoms with Crippen molar-refractivity contribution in [3.05, 3.63) is 16.0 Å². The molecule has 2 heterocycles. The van der Waals surface area contributed by atoms with E-state index in [0.717, 1.165) is 57.2 Å². The fraction of sp³-hybridized carbons (Fsp3) is 0.611. The number of hydrogen-bond donors (Lipinski definition) is 2. The highest BCUT2D eigenvalue weighted by molar-refractivity contribution is 7.16. The van der Waals surface area contributed by atoms with Gasteiger partial charge in [-0.2, -0.15) is 5.26 Å². The molecule has 0 radical (unpaired) electrons. The van der Waals surface area contributed by atoms with Crippen molar-refractivity contribution in [2.75, 3.05) is 25.0 Å². The highest BCUT2D eigenvalue weighted by atomic mass is 32.1. The molecule has 3 rings (SSSR count). The van der Waals surface area contributed by atoms with Gasteiger partial charge in [-0.1, -0.05) is 0 Å². The third-order valence-corrected chi connectivity index (χ3v) is 6.39. The standard InChI is InChI=1S/C18H24N4O2S/c19-11-14-13-3-1-2-4-15(13)25-18(14)21-16(23)7-10-22-8-5-12(6-9-22)17(20)24/h12H,1-10H2,(H2,20,24)(H,21,23). The molecule has 0 bridgehead atoms. The Morgan fingerprint density at radius 2 is 2.00 bits per heavy atom. The highest BCUT2D eigenvalue weighted by Crippen LogP contribution is 2.37. The van der Waals surface area contributed by atoms with E-state index in [-0.39, 0.29) is 17.7 Å². The number of nitrogens with zero attached hydrogens (tertiary/aromatic N) is 2. The molecule has 1 aliphatic carbocycles. The molecule has 2 aliphatic rings. The van der Waals surface area contributed by atoms with Crippen LogP contribution in [0, 0.1) is 17.2 Å². The van der Waals surface area contributed by atoms with E-state index in [1.165, 1.54) is 4.88 Å². The van der Waals surface area contributed by atoms with Crippen molar-refractivity contribution >= 4 is 28.2 Å². The van der Waals surface area contributed by atoms with Gasteiger partial charge < -0.3 is 16.0 Å². The quantitative estimate of drug-likeness (QED) is 0.839. The Balaban J connectivity index is 1.51. The Kier molecular flexibility index (Phi) is 5.71. The van der Waals surface area contributed by atoms with Gasteiger partial charge in [0.05, 0.1) is 5.56 Å². The van der Waals surface area contributed by atoms with Crippen LogP contribution in [0.1, 0.15) is 48.1 Å². The lowest BCUT2D eigenvalue weighted by Crippen LogP contribution is -2.39. The summed E-state index contributed by atoms with van der Waals surface area (Å²) in [6.45, 7) is 2.28. The van der Waals surface area contributed by atoms with Gasteiger partial charge in [-0.3, -0.25) is 9.59 Å². The van der Waals surface area contributed by atoms with Crippen LogP contribution in [0.3, 0.4) is 0 Å². The van der Waals surface area contributed by atoms with E-state index < -0.39 is 0 Å². The van der Waals surface area contributed by atoms with Gasteiger partial charge in [0, 0.05) is 23.8 Å². The van der Waals surface area contributed by atoms with Gasteiger partial charge in [-0.05, 0) is 57.2 Å². The van der Waals surface area contributed by atoms with Crippen LogP contribution in [0.2, 0.25) is 0 Å². The first-order chi connectivity index (χ1) is 12.1. The molecule has 1 aromatic rings. The molecule has 1 saturated heterocycles. The van der Waals surface area contributed by atoms with Gasteiger partial charge in [0.2, 0.25) is 11.8 Å². The van der Waals surface area contributed by atoms with Gasteiger partial charge in [0.25, 0.3) is 0 Å². The molecule has 1 aliphatic heterocycles. The van der Waals surface area contributed by atoms with E-state index in [4.69, 9.17) is 5.73 Å². The lowest BCUT2D eigenvalue weighted by atomic mass is 9.96. The maximum atomic E-state index is 12.3. The number of rotatable bonds is 5. The Labute approximate surface area is 152 Å². The third kappa shape index (κ3) is 4.20. The van der Waals surface area contributed by atoms with Gasteiger partial charge in [0.15, 0.2) is 0 Å². The molecule has 2 amide bonds. The lowest BCUT2D eigenvalue weighted by Gasteiger charge is -2.30. The van der Waals surface area contributed by atoms with Crippen LogP contribution in [0.15, 0.2) is 0 Å². The number of carbonyl (C=O) groups excluding carboxylic acids is 2. The zero-order valence-corrected chi connectivity index (χ0v) is 15.2. The second-order valence-electron chi connectivity index (χ2n) is 6.84. The monoisotopic (exact) mass is 360 g/mol. The number of piperidine rings is 1. The molecule has 0 unspecified atom stereocenters. The largest absolute Gasteiger partial charge is 0.369 e. The second-order valence-corrected chi connectivity index (χ2v) is 7.95. The Hall–Kier alpha value is -1.91. The molecule has 25 heavy (non-hydrogen) atoms. The van der Waals surface area contributed by atoms with E-state index in [2.05, 4.69) is 16.3 Å². The van der Waals surface area contributed by atoms with E-state index in [1.54, 1.807) is 11.3 Å². The molecule has 0 aromatic carbocycles. The molecule has 0 atom stereocenters. The summed E-state index contributed by atoms with van der Waals surface area (Å²) in [4.78, 5) is 26.9. The van der Waals surface area contributed by atoms with Crippen LogP contribution >= 0.6 is 11.3 Å². The van der Waals surface area contributed by atoms with Crippen molar-refractivity contribution in [2.24, 2.45) is 11.7 Å². The van der Waals surface area contributed by atoms with Crippen molar-refractivity contribution in [3.63, 3.8) is 0 Å². The highest BCUT2D eigenvalue weighted by Gasteiger charge is 2.24. The normalized spacial score (nSPS) is 18.4. The zero-order valence-electron chi connectivity index (χ0n) is 14.3. The predicted octanol–water partition coefficient (Wildman–Crippen LogP) is 2.02. The summed E-state index contributed by atoms with van der Waals surface area (Å²) in [5.41, 5.74) is 7.15. The molecule has 0 saturated carbocycles. The minimum absolute atomic E-state index is 0.0271. The fourth-order valence-corrected chi connectivity index (χ4v) is 4.92. The SMILES string of the molecule is N#Cc1c(NC(=O)CCN2CCC(C(N)=O)CC2)sc2c1CCCC2. The first-order valence-corrected chi connectivity index (χ1v) is 9.76. The number of nitriles is 1. The third-order valence-electron chi connectivity index (χ3n) is 5.18. The van der Waals surface area contributed by atoms with Crippen molar-refractivity contribution in [3.8, 4) is 6.07 Å². The molecule has 7 heteroatoms. The van der Waals surface area contributed by atoms with E-state index in [1.807, 2.05) is 0 Å². The van der Waals surface area contributed by atoms with Crippen molar-refractivity contribution in [1.82, 2.24) is 4.90 Å². The van der Waals surface area contributed by atoms with Crippen molar-refractivity contribution in [2.45, 2.75) is 44.9 Å². The summed E-state index contributed by atoms with van der Waals surface area (Å²) in [7, 11) is 0. The fourth-order valence-electron chi connectivity index (χ4n) is 3.66. The predicted molar refractivity (Wildman–Crippen MR) is 97.3 cm³/mol. The summed E-state index contributed by atoms with van der Waals surface area (Å²) in [5.74, 6) is -0.295. The number of aryl methyl sites for hydroxylation is 1. The summed E-state index contributed by atoms with van der Waals surface area (Å²) < 4.78 is 0. The van der Waals surface area contributed by atoms with Gasteiger partial charge >= 0.3 is 0 Å². The molecule has 134 valence electrons. The average Bonchev–Trinajstić information content (AvgIpc) is 2.97. The number of hydrogen-bond acceptors (Lipinski definition) is 5.